The van der Waals surface area contributed by atoms with Gasteiger partial charge in [-0.3, -0.25) is 15.0 Å². The van der Waals surface area contributed by atoms with E-state index >= 15 is 0 Å². The van der Waals surface area contributed by atoms with E-state index in [-0.39, 0.29) is 17.5 Å². The third-order valence-electron chi connectivity index (χ3n) is 6.39. The highest BCUT2D eigenvalue weighted by Gasteiger charge is 2.23. The molecule has 12 heteroatoms. The molecule has 194 valence electrons. The molecule has 38 heavy (non-hydrogen) atoms. The molecule has 0 saturated carbocycles. The number of aromatic nitrogens is 2. The van der Waals surface area contributed by atoms with Crippen LogP contribution in [0.5, 0.6) is 5.75 Å². The predicted molar refractivity (Wildman–Crippen MR) is 144 cm³/mol. The number of ether oxygens (including phenoxy) is 1. The fourth-order valence-corrected chi connectivity index (χ4v) is 5.08. The number of hydrogen-bond donors (Lipinski definition) is 3. The van der Waals surface area contributed by atoms with E-state index in [1.54, 1.807) is 46.0 Å². The third kappa shape index (κ3) is 5.06. The van der Waals surface area contributed by atoms with Gasteiger partial charge in [-0.25, -0.2) is 9.78 Å². The number of nitrogens with one attached hydrogen (secondary N) is 1. The molecule has 5 rings (SSSR count). The standard InChI is InChI=1S/C26H24N6O5S/c27-24(28)16-1-3-17(4-2-16)25(34)31-10-8-30(9-11-31)18-5-6-19-20(13-18)32(15-22-29-7-12-38-22)14-21(23(19)33)37-26(35)36/h1-7,12-14H,8-11,15H2,(H3,27,28)(H,35,36). The molecule has 1 saturated heterocycles. The molecule has 4 N–H and O–H groups in total. The van der Waals surface area contributed by atoms with Crippen LogP contribution in [0.3, 0.4) is 0 Å². The van der Waals surface area contributed by atoms with E-state index < -0.39 is 11.6 Å². The van der Waals surface area contributed by atoms with Gasteiger partial charge in [-0.1, -0.05) is 12.1 Å². The van der Waals surface area contributed by atoms with Crippen LogP contribution in [0, 0.1) is 5.41 Å². The molecule has 2 aromatic heterocycles. The number of anilines is 1. The molecule has 1 aliphatic rings. The number of nitrogens with zero attached hydrogens (tertiary/aromatic N) is 4. The number of thiazole rings is 1. The van der Waals surface area contributed by atoms with E-state index in [0.717, 1.165) is 10.7 Å². The lowest BCUT2D eigenvalue weighted by atomic mass is 10.1. The molecule has 0 unspecified atom stereocenters. The summed E-state index contributed by atoms with van der Waals surface area (Å²) in [6, 6.07) is 12.1. The topological polar surface area (TPSA) is 155 Å². The van der Waals surface area contributed by atoms with Gasteiger partial charge in [-0.2, -0.15) is 0 Å². The van der Waals surface area contributed by atoms with Crippen molar-refractivity contribution < 1.29 is 19.4 Å². The number of piperazine rings is 1. The normalized spacial score (nSPS) is 13.5. The lowest BCUT2D eigenvalue weighted by molar-refractivity contribution is 0.0746. The molecule has 2 aromatic carbocycles. The first-order chi connectivity index (χ1) is 18.3. The van der Waals surface area contributed by atoms with Crippen LogP contribution in [0.25, 0.3) is 10.9 Å². The van der Waals surface area contributed by atoms with Crippen molar-refractivity contribution in [3.63, 3.8) is 0 Å². The number of rotatable bonds is 6. The predicted octanol–water partition coefficient (Wildman–Crippen LogP) is 2.81. The van der Waals surface area contributed by atoms with Gasteiger partial charge in [0, 0.05) is 60.0 Å². The van der Waals surface area contributed by atoms with Crippen molar-refractivity contribution in [2.75, 3.05) is 31.1 Å². The number of benzene rings is 2. The molecule has 0 spiro atoms. The van der Waals surface area contributed by atoms with Gasteiger partial charge in [-0.15, -0.1) is 11.3 Å². The fraction of sp³-hybridized carbons (Fsp3) is 0.192. The second-order valence-corrected chi connectivity index (χ2v) is 9.70. The second-order valence-electron chi connectivity index (χ2n) is 8.72. The summed E-state index contributed by atoms with van der Waals surface area (Å²) < 4.78 is 6.52. The van der Waals surface area contributed by atoms with Gasteiger partial charge in [0.15, 0.2) is 5.75 Å². The first kappa shape index (κ1) is 25.0. The number of nitrogen functional groups attached to an aromatic ring is 1. The summed E-state index contributed by atoms with van der Waals surface area (Å²) in [6.07, 6.45) is 1.53. The summed E-state index contributed by atoms with van der Waals surface area (Å²) >= 11 is 1.45. The smallest absolute Gasteiger partial charge is 0.449 e. The number of pyridine rings is 1. The fourth-order valence-electron chi connectivity index (χ4n) is 4.47. The number of carboxylic acid groups (broad SMARTS) is 1. The van der Waals surface area contributed by atoms with Crippen LogP contribution in [0.2, 0.25) is 0 Å². The van der Waals surface area contributed by atoms with Crippen LogP contribution >= 0.6 is 11.3 Å². The Kier molecular flexibility index (Phi) is 6.79. The van der Waals surface area contributed by atoms with Gasteiger partial charge in [0.05, 0.1) is 18.3 Å². The largest absolute Gasteiger partial charge is 0.511 e. The molecule has 11 nitrogen and oxygen atoms in total. The highest BCUT2D eigenvalue weighted by Crippen LogP contribution is 2.25. The maximum absolute atomic E-state index is 13.0. The first-order valence-corrected chi connectivity index (χ1v) is 12.6. The lowest BCUT2D eigenvalue weighted by Crippen LogP contribution is -2.48. The first-order valence-electron chi connectivity index (χ1n) is 11.7. The average Bonchev–Trinajstić information content (AvgIpc) is 3.44. The Labute approximate surface area is 220 Å². The van der Waals surface area contributed by atoms with Crippen molar-refractivity contribution in [1.82, 2.24) is 14.5 Å². The molecule has 4 aromatic rings. The highest BCUT2D eigenvalue weighted by atomic mass is 32.1. The molecule has 0 atom stereocenters. The minimum atomic E-state index is -1.55. The summed E-state index contributed by atoms with van der Waals surface area (Å²) in [4.78, 5) is 45.2. The van der Waals surface area contributed by atoms with Crippen LogP contribution in [0.15, 0.2) is 65.0 Å². The van der Waals surface area contributed by atoms with E-state index in [4.69, 9.17) is 21.0 Å². The number of amidine groups is 1. The Bertz CT molecular complexity index is 1570. The zero-order chi connectivity index (χ0) is 26.8. The summed E-state index contributed by atoms with van der Waals surface area (Å²) in [5, 5.41) is 19.5. The summed E-state index contributed by atoms with van der Waals surface area (Å²) in [7, 11) is 0. The van der Waals surface area contributed by atoms with Gasteiger partial charge in [0.2, 0.25) is 5.43 Å². The third-order valence-corrected chi connectivity index (χ3v) is 7.16. The van der Waals surface area contributed by atoms with Crippen molar-refractivity contribution in [2.24, 2.45) is 5.73 Å². The molecule has 0 aliphatic carbocycles. The van der Waals surface area contributed by atoms with E-state index in [1.165, 1.54) is 17.5 Å². The van der Waals surface area contributed by atoms with Crippen LogP contribution in [0.1, 0.15) is 20.9 Å². The van der Waals surface area contributed by atoms with Crippen LogP contribution in [-0.2, 0) is 6.54 Å². The van der Waals surface area contributed by atoms with Crippen molar-refractivity contribution in [3.8, 4) is 5.75 Å². The minimum absolute atomic E-state index is 0.0456. The Hall–Kier alpha value is -4.71. The maximum atomic E-state index is 13.0. The molecule has 3 heterocycles. The molecular formula is C26H24N6O5S. The molecule has 0 radical (unpaired) electrons. The van der Waals surface area contributed by atoms with Crippen LogP contribution < -0.4 is 20.8 Å². The molecular weight excluding hydrogens is 508 g/mol. The van der Waals surface area contributed by atoms with Crippen molar-refractivity contribution >= 4 is 45.8 Å². The van der Waals surface area contributed by atoms with Gasteiger partial charge in [0.25, 0.3) is 5.91 Å². The lowest BCUT2D eigenvalue weighted by Gasteiger charge is -2.36. The van der Waals surface area contributed by atoms with Crippen molar-refractivity contribution in [2.45, 2.75) is 6.54 Å². The Balaban J connectivity index is 1.38. The number of hydrogen-bond acceptors (Lipinski definition) is 8. The zero-order valence-corrected chi connectivity index (χ0v) is 21.0. The summed E-state index contributed by atoms with van der Waals surface area (Å²) in [5.41, 5.74) is 7.61. The monoisotopic (exact) mass is 532 g/mol. The number of fused-ring (bicyclic) bond motifs is 1. The highest BCUT2D eigenvalue weighted by molar-refractivity contribution is 7.09. The molecule has 1 fully saturated rings. The van der Waals surface area contributed by atoms with E-state index in [0.29, 0.717) is 54.8 Å². The maximum Gasteiger partial charge on any atom is 0.511 e. The SMILES string of the molecule is N=C(N)c1ccc(C(=O)N2CCN(c3ccc4c(=O)c(OC(=O)O)cn(Cc5nccs5)c4c3)CC2)cc1. The molecule has 0 bridgehead atoms. The summed E-state index contributed by atoms with van der Waals surface area (Å²) in [6.45, 7) is 2.57. The van der Waals surface area contributed by atoms with Crippen molar-refractivity contribution in [1.29, 1.82) is 5.41 Å². The van der Waals surface area contributed by atoms with Gasteiger partial charge < -0.3 is 29.9 Å². The Morgan fingerprint density at radius 2 is 1.79 bits per heavy atom. The second kappa shape index (κ2) is 10.3. The van der Waals surface area contributed by atoms with Crippen LogP contribution in [-0.4, -0.2) is 63.6 Å². The number of carbonyl (C=O) groups excluding carboxylic acids is 1. The number of carbonyl (C=O) groups is 2. The van der Waals surface area contributed by atoms with Gasteiger partial charge >= 0.3 is 6.16 Å². The van der Waals surface area contributed by atoms with Gasteiger partial charge in [0.1, 0.15) is 10.8 Å². The number of nitrogens with two attached hydrogens (primary N) is 1. The average molecular weight is 533 g/mol. The number of amides is 1. The van der Waals surface area contributed by atoms with Gasteiger partial charge in [-0.05, 0) is 30.3 Å². The molecule has 1 amide bonds. The summed E-state index contributed by atoms with van der Waals surface area (Å²) in [5.74, 6) is -0.394. The van der Waals surface area contributed by atoms with E-state index in [9.17, 15) is 14.4 Å². The Morgan fingerprint density at radius 1 is 1.08 bits per heavy atom. The molecule has 1 aliphatic heterocycles. The van der Waals surface area contributed by atoms with Crippen LogP contribution in [0.4, 0.5) is 10.5 Å². The Morgan fingerprint density at radius 3 is 2.42 bits per heavy atom. The van der Waals surface area contributed by atoms with Crippen molar-refractivity contribution in [3.05, 3.63) is 86.6 Å². The van der Waals surface area contributed by atoms with E-state index in [1.807, 2.05) is 17.5 Å². The van der Waals surface area contributed by atoms with E-state index in [2.05, 4.69) is 9.88 Å². The quantitative estimate of drug-likeness (QED) is 0.195. The zero-order valence-electron chi connectivity index (χ0n) is 20.2. The minimum Gasteiger partial charge on any atom is -0.449 e.